The van der Waals surface area contributed by atoms with Gasteiger partial charge in [-0.3, -0.25) is 0 Å². The molecule has 0 fully saturated rings. The topological polar surface area (TPSA) is 67.1 Å². The molecule has 2 N–H and O–H groups in total. The summed E-state index contributed by atoms with van der Waals surface area (Å²) in [6, 6.07) is 5.94. The second-order valence-electron chi connectivity index (χ2n) is 7.91. The lowest BCUT2D eigenvalue weighted by molar-refractivity contribution is -0.131. The standard InChI is InChI=1S/C21H31N3O2/c1-5-6-19-23-17-15-16(8-10-20(25)26)7-9-18(17)24(19)14-13-22-12-11-21(2,3)4/h7-10,15,22H,5-6,11-14H2,1-4H3,(H,25,26)/b10-8+. The molecule has 0 aliphatic rings. The number of benzene rings is 1. The number of fused-ring (bicyclic) bond motifs is 1. The first-order valence-corrected chi connectivity index (χ1v) is 9.41. The van der Waals surface area contributed by atoms with Gasteiger partial charge in [-0.25, -0.2) is 9.78 Å². The van der Waals surface area contributed by atoms with Crippen LogP contribution in [0.25, 0.3) is 17.1 Å². The van der Waals surface area contributed by atoms with Gasteiger partial charge in [-0.15, -0.1) is 0 Å². The van der Waals surface area contributed by atoms with Crippen LogP contribution in [0.5, 0.6) is 0 Å². The Bertz CT molecular complexity index is 769. The van der Waals surface area contributed by atoms with Crippen molar-refractivity contribution in [2.45, 2.75) is 53.5 Å². The van der Waals surface area contributed by atoms with Crippen LogP contribution in [0.15, 0.2) is 24.3 Å². The lowest BCUT2D eigenvalue weighted by Gasteiger charge is -2.18. The lowest BCUT2D eigenvalue weighted by atomic mass is 9.92. The number of carboxylic acids is 1. The molecule has 1 heterocycles. The van der Waals surface area contributed by atoms with Crippen molar-refractivity contribution < 1.29 is 9.90 Å². The maximum absolute atomic E-state index is 10.7. The van der Waals surface area contributed by atoms with Crippen LogP contribution in [0.4, 0.5) is 0 Å². The molecule has 2 aromatic rings. The van der Waals surface area contributed by atoms with Crippen molar-refractivity contribution in [3.8, 4) is 0 Å². The van der Waals surface area contributed by atoms with Crippen LogP contribution < -0.4 is 5.32 Å². The van der Waals surface area contributed by atoms with Gasteiger partial charge in [0.05, 0.1) is 11.0 Å². The van der Waals surface area contributed by atoms with Crippen LogP contribution in [-0.2, 0) is 17.8 Å². The van der Waals surface area contributed by atoms with Crippen LogP contribution >= 0.6 is 0 Å². The SMILES string of the molecule is CCCc1nc2cc(/C=C/C(=O)O)ccc2n1CCNCCC(C)(C)C. The van der Waals surface area contributed by atoms with Gasteiger partial charge in [-0.05, 0) is 48.6 Å². The van der Waals surface area contributed by atoms with Gasteiger partial charge in [0, 0.05) is 25.6 Å². The third kappa shape index (κ3) is 5.99. The Morgan fingerprint density at radius 2 is 2.08 bits per heavy atom. The van der Waals surface area contributed by atoms with E-state index in [1.54, 1.807) is 6.08 Å². The number of hydrogen-bond acceptors (Lipinski definition) is 3. The molecule has 0 aliphatic carbocycles. The number of imidazole rings is 1. The van der Waals surface area contributed by atoms with Gasteiger partial charge in [0.15, 0.2) is 0 Å². The lowest BCUT2D eigenvalue weighted by Crippen LogP contribution is -2.24. The number of aryl methyl sites for hydroxylation is 1. The van der Waals surface area contributed by atoms with E-state index in [9.17, 15) is 4.79 Å². The Kier molecular flexibility index (Phi) is 6.98. The minimum Gasteiger partial charge on any atom is -0.478 e. The van der Waals surface area contributed by atoms with Crippen molar-refractivity contribution in [3.05, 3.63) is 35.7 Å². The van der Waals surface area contributed by atoms with Gasteiger partial charge in [0.1, 0.15) is 5.82 Å². The third-order valence-electron chi connectivity index (χ3n) is 4.31. The Balaban J connectivity index is 2.13. The summed E-state index contributed by atoms with van der Waals surface area (Å²) in [4.78, 5) is 15.5. The zero-order chi connectivity index (χ0) is 19.2. The maximum atomic E-state index is 10.7. The molecule has 0 spiro atoms. The highest BCUT2D eigenvalue weighted by molar-refractivity contribution is 5.87. The van der Waals surface area contributed by atoms with E-state index in [4.69, 9.17) is 10.1 Å². The molecule has 0 amide bonds. The number of aliphatic carboxylic acids is 1. The van der Waals surface area contributed by atoms with Crippen LogP contribution in [-0.4, -0.2) is 33.7 Å². The Labute approximate surface area is 156 Å². The molecule has 5 nitrogen and oxygen atoms in total. The average molecular weight is 357 g/mol. The van der Waals surface area contributed by atoms with Crippen LogP contribution in [0, 0.1) is 5.41 Å². The molecular formula is C21H31N3O2. The van der Waals surface area contributed by atoms with Crippen molar-refractivity contribution >= 4 is 23.1 Å². The quantitative estimate of drug-likeness (QED) is 0.523. The molecule has 26 heavy (non-hydrogen) atoms. The summed E-state index contributed by atoms with van der Waals surface area (Å²) in [5.41, 5.74) is 3.24. The van der Waals surface area contributed by atoms with Crippen molar-refractivity contribution in [2.24, 2.45) is 5.41 Å². The van der Waals surface area contributed by atoms with E-state index in [-0.39, 0.29) is 0 Å². The fourth-order valence-electron chi connectivity index (χ4n) is 2.91. The van der Waals surface area contributed by atoms with Crippen molar-refractivity contribution in [1.29, 1.82) is 0 Å². The second kappa shape index (κ2) is 8.99. The largest absolute Gasteiger partial charge is 0.478 e. The summed E-state index contributed by atoms with van der Waals surface area (Å²) < 4.78 is 2.29. The Morgan fingerprint density at radius 1 is 1.31 bits per heavy atom. The van der Waals surface area contributed by atoms with Crippen molar-refractivity contribution in [1.82, 2.24) is 14.9 Å². The zero-order valence-electron chi connectivity index (χ0n) is 16.4. The normalized spacial score (nSPS) is 12.3. The zero-order valence-corrected chi connectivity index (χ0v) is 16.4. The summed E-state index contributed by atoms with van der Waals surface area (Å²) in [5, 5.41) is 12.3. The first-order chi connectivity index (χ1) is 12.3. The minimum atomic E-state index is -0.941. The molecule has 1 aromatic heterocycles. The summed E-state index contributed by atoms with van der Waals surface area (Å²) >= 11 is 0. The van der Waals surface area contributed by atoms with Gasteiger partial charge in [0.25, 0.3) is 0 Å². The van der Waals surface area contributed by atoms with Gasteiger partial charge in [0.2, 0.25) is 0 Å². The molecule has 0 aliphatic heterocycles. The molecule has 142 valence electrons. The molecule has 0 saturated heterocycles. The van der Waals surface area contributed by atoms with Gasteiger partial charge < -0.3 is 15.0 Å². The Hall–Kier alpha value is -2.14. The summed E-state index contributed by atoms with van der Waals surface area (Å²) in [7, 11) is 0. The fourth-order valence-corrected chi connectivity index (χ4v) is 2.91. The highest BCUT2D eigenvalue weighted by Crippen LogP contribution is 2.20. The number of nitrogens with one attached hydrogen (secondary N) is 1. The summed E-state index contributed by atoms with van der Waals surface area (Å²) in [6.45, 7) is 11.8. The molecule has 0 radical (unpaired) electrons. The summed E-state index contributed by atoms with van der Waals surface area (Å²) in [6.07, 6.45) is 5.90. The van der Waals surface area contributed by atoms with E-state index >= 15 is 0 Å². The van der Waals surface area contributed by atoms with E-state index in [2.05, 4.69) is 37.6 Å². The van der Waals surface area contributed by atoms with E-state index in [0.717, 1.165) is 67.4 Å². The predicted molar refractivity (Wildman–Crippen MR) is 107 cm³/mol. The molecule has 0 atom stereocenters. The maximum Gasteiger partial charge on any atom is 0.328 e. The number of nitrogens with zero attached hydrogens (tertiary/aromatic N) is 2. The predicted octanol–water partition coefficient (Wildman–Crippen LogP) is 4.11. The second-order valence-corrected chi connectivity index (χ2v) is 7.91. The van der Waals surface area contributed by atoms with Crippen LogP contribution in [0.1, 0.15) is 51.9 Å². The van der Waals surface area contributed by atoms with Crippen LogP contribution in [0.2, 0.25) is 0 Å². The van der Waals surface area contributed by atoms with Gasteiger partial charge in [-0.2, -0.15) is 0 Å². The van der Waals surface area contributed by atoms with Crippen LogP contribution in [0.3, 0.4) is 0 Å². The van der Waals surface area contributed by atoms with Gasteiger partial charge in [-0.1, -0.05) is 33.8 Å². The molecule has 0 unspecified atom stereocenters. The molecule has 1 aromatic carbocycles. The average Bonchev–Trinajstić information content (AvgIpc) is 2.89. The number of hydrogen-bond donors (Lipinski definition) is 2. The number of carboxylic acid groups (broad SMARTS) is 1. The molecule has 2 rings (SSSR count). The minimum absolute atomic E-state index is 0.349. The van der Waals surface area contributed by atoms with E-state index in [1.807, 2.05) is 18.2 Å². The van der Waals surface area contributed by atoms with Crippen molar-refractivity contribution in [2.75, 3.05) is 13.1 Å². The van der Waals surface area contributed by atoms with E-state index < -0.39 is 5.97 Å². The number of carbonyl (C=O) groups is 1. The number of aromatic nitrogens is 2. The highest BCUT2D eigenvalue weighted by Gasteiger charge is 2.11. The van der Waals surface area contributed by atoms with Gasteiger partial charge >= 0.3 is 5.97 Å². The molecule has 0 bridgehead atoms. The van der Waals surface area contributed by atoms with Crippen molar-refractivity contribution in [3.63, 3.8) is 0 Å². The summed E-state index contributed by atoms with van der Waals surface area (Å²) in [5.74, 6) is 0.156. The fraction of sp³-hybridized carbons (Fsp3) is 0.524. The third-order valence-corrected chi connectivity index (χ3v) is 4.31. The first kappa shape index (κ1) is 20.2. The highest BCUT2D eigenvalue weighted by atomic mass is 16.4. The van der Waals surface area contributed by atoms with E-state index in [1.165, 1.54) is 0 Å². The molecule has 5 heteroatoms. The smallest absolute Gasteiger partial charge is 0.328 e. The molecule has 0 saturated carbocycles. The monoisotopic (exact) mass is 357 g/mol. The first-order valence-electron chi connectivity index (χ1n) is 9.41. The van der Waals surface area contributed by atoms with E-state index in [0.29, 0.717) is 5.41 Å². The number of rotatable bonds is 9. The molecular weight excluding hydrogens is 326 g/mol. The Morgan fingerprint density at radius 3 is 2.73 bits per heavy atom.